The molecule has 1 aliphatic rings. The summed E-state index contributed by atoms with van der Waals surface area (Å²) in [6.07, 6.45) is 2.88. The lowest BCUT2D eigenvalue weighted by Gasteiger charge is -2.29. The predicted molar refractivity (Wildman–Crippen MR) is 108 cm³/mol. The van der Waals surface area contributed by atoms with Crippen molar-refractivity contribution in [2.75, 3.05) is 23.3 Å². The minimum absolute atomic E-state index is 0.0420. The van der Waals surface area contributed by atoms with Crippen LogP contribution in [0.4, 0.5) is 11.8 Å². The number of anilines is 2. The summed E-state index contributed by atoms with van der Waals surface area (Å²) in [4.78, 5) is 23.0. The highest BCUT2D eigenvalue weighted by atomic mass is 35.5. The number of pyridine rings is 1. The third-order valence-corrected chi connectivity index (χ3v) is 5.07. The highest BCUT2D eigenvalue weighted by Crippen LogP contribution is 2.26. The van der Waals surface area contributed by atoms with Crippen LogP contribution in [0.5, 0.6) is 0 Å². The molecular formula is C19H17Cl2N5O2. The summed E-state index contributed by atoms with van der Waals surface area (Å²) in [6, 6.07) is 11.1. The van der Waals surface area contributed by atoms with Crippen LogP contribution >= 0.6 is 23.2 Å². The lowest BCUT2D eigenvalue weighted by Crippen LogP contribution is -2.38. The smallest absolute Gasteiger partial charge is 0.324 e. The molecule has 3 heterocycles. The van der Waals surface area contributed by atoms with Gasteiger partial charge in [-0.15, -0.1) is 0 Å². The Kier molecular flexibility index (Phi) is 5.45. The molecule has 4 rings (SSSR count). The Labute approximate surface area is 171 Å². The van der Waals surface area contributed by atoms with E-state index in [4.69, 9.17) is 27.7 Å². The monoisotopic (exact) mass is 417 g/mol. The fraction of sp³-hybridized carbons (Fsp3) is 0.263. The second kappa shape index (κ2) is 8.16. The molecule has 1 aliphatic heterocycles. The first kappa shape index (κ1) is 18.7. The minimum Gasteiger partial charge on any atom is -0.324 e. The molecule has 0 unspecified atom stereocenters. The van der Waals surface area contributed by atoms with E-state index >= 15 is 0 Å². The first-order chi connectivity index (χ1) is 13.6. The third-order valence-electron chi connectivity index (χ3n) is 4.61. The van der Waals surface area contributed by atoms with Crippen LogP contribution in [0.2, 0.25) is 10.0 Å². The molecule has 1 N–H and O–H groups in total. The summed E-state index contributed by atoms with van der Waals surface area (Å²) in [5.41, 5.74) is 0.798. The zero-order valence-electron chi connectivity index (χ0n) is 14.8. The number of rotatable bonds is 4. The van der Waals surface area contributed by atoms with E-state index in [1.165, 1.54) is 6.20 Å². The van der Waals surface area contributed by atoms with E-state index in [2.05, 4.69) is 20.4 Å². The second-order valence-electron chi connectivity index (χ2n) is 6.52. The number of nitrogens with one attached hydrogen (secondary N) is 1. The molecule has 0 saturated carbocycles. The molecule has 1 fully saturated rings. The molecule has 2 aromatic heterocycles. The number of hydrogen-bond acceptors (Lipinski definition) is 6. The molecule has 9 heteroatoms. The SMILES string of the molecule is O=C(Nc1ccc(Cl)cn1)C1CCN(c2nc(-c3cccc(Cl)c3)no2)CC1. The molecule has 1 amide bonds. The van der Waals surface area contributed by atoms with Gasteiger partial charge in [-0.2, -0.15) is 4.98 Å². The van der Waals surface area contributed by atoms with E-state index < -0.39 is 0 Å². The maximum Gasteiger partial charge on any atom is 0.324 e. The first-order valence-electron chi connectivity index (χ1n) is 8.85. The maximum absolute atomic E-state index is 12.5. The summed E-state index contributed by atoms with van der Waals surface area (Å²) in [7, 11) is 0. The molecule has 3 aromatic rings. The van der Waals surface area contributed by atoms with Crippen molar-refractivity contribution < 1.29 is 9.32 Å². The van der Waals surface area contributed by atoms with Crippen LogP contribution in [0.1, 0.15) is 12.8 Å². The van der Waals surface area contributed by atoms with E-state index in [9.17, 15) is 4.79 Å². The van der Waals surface area contributed by atoms with Gasteiger partial charge in [-0.25, -0.2) is 4.98 Å². The Morgan fingerprint density at radius 1 is 1.14 bits per heavy atom. The van der Waals surface area contributed by atoms with Crippen LogP contribution in [-0.4, -0.2) is 34.1 Å². The van der Waals surface area contributed by atoms with Gasteiger partial charge in [0.15, 0.2) is 0 Å². The number of carbonyl (C=O) groups excluding carboxylic acids is 1. The number of piperidine rings is 1. The molecule has 0 bridgehead atoms. The van der Waals surface area contributed by atoms with E-state index in [0.717, 1.165) is 5.56 Å². The number of amides is 1. The summed E-state index contributed by atoms with van der Waals surface area (Å²) >= 11 is 11.8. The first-order valence-corrected chi connectivity index (χ1v) is 9.61. The highest BCUT2D eigenvalue weighted by Gasteiger charge is 2.27. The Balaban J connectivity index is 1.35. The van der Waals surface area contributed by atoms with Crippen LogP contribution in [0.3, 0.4) is 0 Å². The molecule has 144 valence electrons. The molecule has 0 spiro atoms. The topological polar surface area (TPSA) is 84.2 Å². The Bertz CT molecular complexity index is 968. The van der Waals surface area contributed by atoms with Crippen LogP contribution in [0, 0.1) is 5.92 Å². The van der Waals surface area contributed by atoms with Crippen molar-refractivity contribution in [3.63, 3.8) is 0 Å². The maximum atomic E-state index is 12.5. The largest absolute Gasteiger partial charge is 0.324 e. The number of aromatic nitrogens is 3. The lowest BCUT2D eigenvalue weighted by molar-refractivity contribution is -0.120. The van der Waals surface area contributed by atoms with Gasteiger partial charge in [-0.05, 0) is 37.1 Å². The zero-order valence-corrected chi connectivity index (χ0v) is 16.3. The lowest BCUT2D eigenvalue weighted by atomic mass is 9.96. The molecule has 0 radical (unpaired) electrons. The van der Waals surface area contributed by atoms with Crippen molar-refractivity contribution in [1.82, 2.24) is 15.1 Å². The third kappa shape index (κ3) is 4.26. The van der Waals surface area contributed by atoms with Gasteiger partial charge in [-0.1, -0.05) is 40.5 Å². The van der Waals surface area contributed by atoms with Crippen molar-refractivity contribution in [3.05, 3.63) is 52.6 Å². The summed E-state index contributed by atoms with van der Waals surface area (Å²) in [5, 5.41) is 8.02. The minimum atomic E-state index is -0.0935. The Morgan fingerprint density at radius 3 is 2.68 bits per heavy atom. The van der Waals surface area contributed by atoms with Crippen molar-refractivity contribution in [2.45, 2.75) is 12.8 Å². The normalized spacial score (nSPS) is 14.9. The summed E-state index contributed by atoms with van der Waals surface area (Å²) in [5.74, 6) is 0.856. The van der Waals surface area contributed by atoms with Crippen molar-refractivity contribution in [2.24, 2.45) is 5.92 Å². The predicted octanol–water partition coefficient (Wildman–Crippen LogP) is 4.29. The van der Waals surface area contributed by atoms with Gasteiger partial charge in [0.2, 0.25) is 11.7 Å². The van der Waals surface area contributed by atoms with Crippen molar-refractivity contribution >= 4 is 40.9 Å². The average molecular weight is 418 g/mol. The van der Waals surface area contributed by atoms with E-state index in [1.54, 1.807) is 24.3 Å². The van der Waals surface area contributed by atoms with Crippen LogP contribution in [0.15, 0.2) is 47.1 Å². The van der Waals surface area contributed by atoms with Gasteiger partial charge in [0.1, 0.15) is 5.82 Å². The molecule has 1 aromatic carbocycles. The van der Waals surface area contributed by atoms with Gasteiger partial charge < -0.3 is 14.7 Å². The van der Waals surface area contributed by atoms with Gasteiger partial charge in [0, 0.05) is 35.8 Å². The van der Waals surface area contributed by atoms with E-state index in [-0.39, 0.29) is 11.8 Å². The molecule has 0 atom stereocenters. The zero-order chi connectivity index (χ0) is 19.5. The molecule has 7 nitrogen and oxygen atoms in total. The quantitative estimate of drug-likeness (QED) is 0.681. The standard InChI is InChI=1S/C19H17Cl2N5O2/c20-14-3-1-2-13(10-14)17-24-19(28-25-17)26-8-6-12(7-9-26)18(27)23-16-5-4-15(21)11-22-16/h1-5,10-12H,6-9H2,(H,22,23,27). The van der Waals surface area contributed by atoms with Gasteiger partial charge in [0.05, 0.1) is 5.02 Å². The highest BCUT2D eigenvalue weighted by molar-refractivity contribution is 6.31. The second-order valence-corrected chi connectivity index (χ2v) is 7.40. The number of nitrogens with zero attached hydrogens (tertiary/aromatic N) is 4. The fourth-order valence-corrected chi connectivity index (χ4v) is 3.40. The molecular weight excluding hydrogens is 401 g/mol. The molecule has 0 aliphatic carbocycles. The Hall–Kier alpha value is -2.64. The van der Waals surface area contributed by atoms with Gasteiger partial charge in [-0.3, -0.25) is 4.79 Å². The number of hydrogen-bond donors (Lipinski definition) is 1. The average Bonchev–Trinajstić information content (AvgIpc) is 3.20. The summed E-state index contributed by atoms with van der Waals surface area (Å²) in [6.45, 7) is 1.31. The Morgan fingerprint density at radius 2 is 1.96 bits per heavy atom. The number of carbonyl (C=O) groups is 1. The van der Waals surface area contributed by atoms with Crippen LogP contribution < -0.4 is 10.2 Å². The molecule has 1 saturated heterocycles. The van der Waals surface area contributed by atoms with Crippen molar-refractivity contribution in [1.29, 1.82) is 0 Å². The number of benzene rings is 1. The van der Waals surface area contributed by atoms with Crippen LogP contribution in [-0.2, 0) is 4.79 Å². The van der Waals surface area contributed by atoms with Crippen molar-refractivity contribution in [3.8, 4) is 11.4 Å². The van der Waals surface area contributed by atoms with Gasteiger partial charge >= 0.3 is 6.01 Å². The van der Waals surface area contributed by atoms with E-state index in [1.807, 2.05) is 17.0 Å². The summed E-state index contributed by atoms with van der Waals surface area (Å²) < 4.78 is 5.40. The molecule has 28 heavy (non-hydrogen) atoms. The fourth-order valence-electron chi connectivity index (χ4n) is 3.10. The van der Waals surface area contributed by atoms with E-state index in [0.29, 0.717) is 53.6 Å². The van der Waals surface area contributed by atoms with Crippen LogP contribution in [0.25, 0.3) is 11.4 Å². The van der Waals surface area contributed by atoms with Gasteiger partial charge in [0.25, 0.3) is 0 Å². The number of halogens is 2.